The first-order valence-corrected chi connectivity index (χ1v) is 13.7. The van der Waals surface area contributed by atoms with Gasteiger partial charge in [0.2, 0.25) is 5.91 Å². The van der Waals surface area contributed by atoms with Crippen LogP contribution < -0.4 is 9.88 Å². The third-order valence-corrected chi connectivity index (χ3v) is 7.05. The van der Waals surface area contributed by atoms with Crippen LogP contribution in [-0.4, -0.2) is 58.1 Å². The van der Waals surface area contributed by atoms with E-state index in [1.165, 1.54) is 11.1 Å². The molecule has 0 radical (unpaired) electrons. The molecule has 2 heterocycles. The number of aryl methyl sites for hydroxylation is 1. The summed E-state index contributed by atoms with van der Waals surface area (Å²) in [7, 11) is 1.80. The maximum atomic E-state index is 14.0. The number of amides is 3. The number of hydrogen-bond acceptors (Lipinski definition) is 4. The van der Waals surface area contributed by atoms with Gasteiger partial charge in [-0.25, -0.2) is 4.57 Å². The van der Waals surface area contributed by atoms with Crippen LogP contribution >= 0.6 is 0 Å². The number of pyridine rings is 1. The van der Waals surface area contributed by atoms with Crippen molar-refractivity contribution in [3.05, 3.63) is 108 Å². The highest BCUT2D eigenvalue weighted by atomic mass is 19.4. The van der Waals surface area contributed by atoms with E-state index in [9.17, 15) is 32.3 Å². The van der Waals surface area contributed by atoms with Gasteiger partial charge in [-0.05, 0) is 17.0 Å². The van der Waals surface area contributed by atoms with Crippen LogP contribution in [0.25, 0.3) is 5.70 Å². The molecule has 2 atom stereocenters. The molecule has 1 aliphatic rings. The van der Waals surface area contributed by atoms with Crippen LogP contribution in [0, 0.1) is 5.92 Å². The van der Waals surface area contributed by atoms with Gasteiger partial charge >= 0.3 is 6.18 Å². The molecule has 0 aliphatic carbocycles. The first kappa shape index (κ1) is 31.1. The monoisotopic (exact) mass is 593 g/mol. The number of ketones is 1. The molecule has 1 aromatic heterocycles. The summed E-state index contributed by atoms with van der Waals surface area (Å²) in [6.07, 6.45) is -0.662. The van der Waals surface area contributed by atoms with Gasteiger partial charge in [0, 0.05) is 24.8 Å². The molecule has 0 saturated carbocycles. The summed E-state index contributed by atoms with van der Waals surface area (Å²) in [5.41, 5.74) is 1.50. The Hall–Kier alpha value is -4.80. The van der Waals surface area contributed by atoms with Crippen LogP contribution in [0.4, 0.5) is 13.2 Å². The number of hydrogen-bond donors (Lipinski definition) is 1. The average Bonchev–Trinajstić information content (AvgIpc) is 2.97. The van der Waals surface area contributed by atoms with E-state index in [1.54, 1.807) is 111 Å². The van der Waals surface area contributed by atoms with Gasteiger partial charge in [-0.2, -0.15) is 13.2 Å². The summed E-state index contributed by atoms with van der Waals surface area (Å²) >= 11 is 0. The summed E-state index contributed by atoms with van der Waals surface area (Å²) in [5.74, 6) is -4.44. The highest BCUT2D eigenvalue weighted by Gasteiger charge is 2.45. The molecular formula is C32H32F3N4O4+. The molecule has 0 saturated heterocycles. The topological polar surface area (TPSA) is 90.7 Å². The zero-order chi connectivity index (χ0) is 31.3. The maximum absolute atomic E-state index is 14.0. The molecule has 0 unspecified atom stereocenters. The van der Waals surface area contributed by atoms with Gasteiger partial charge in [0.1, 0.15) is 25.7 Å². The van der Waals surface area contributed by atoms with E-state index < -0.39 is 48.3 Å². The lowest BCUT2D eigenvalue weighted by Gasteiger charge is -2.41. The van der Waals surface area contributed by atoms with Crippen LogP contribution in [0.15, 0.2) is 91.4 Å². The van der Waals surface area contributed by atoms with Crippen molar-refractivity contribution >= 4 is 29.2 Å². The normalized spacial score (nSPS) is 16.1. The van der Waals surface area contributed by atoms with Gasteiger partial charge in [-0.1, -0.05) is 74.5 Å². The lowest BCUT2D eigenvalue weighted by molar-refractivity contribution is -0.671. The molecule has 4 rings (SSSR count). The summed E-state index contributed by atoms with van der Waals surface area (Å²) < 4.78 is 42.2. The number of halogens is 3. The Morgan fingerprint density at radius 2 is 1.51 bits per heavy atom. The number of carbonyl (C=O) groups excluding carboxylic acids is 4. The summed E-state index contributed by atoms with van der Waals surface area (Å²) in [5, 5.41) is 2.21. The fraction of sp³-hybridized carbons (Fsp3) is 0.281. The van der Waals surface area contributed by atoms with E-state index in [4.69, 9.17) is 0 Å². The third kappa shape index (κ3) is 7.35. The molecule has 0 spiro atoms. The zero-order valence-electron chi connectivity index (χ0n) is 23.9. The van der Waals surface area contributed by atoms with Gasteiger partial charge in [0.15, 0.2) is 12.4 Å². The van der Waals surface area contributed by atoms with Gasteiger partial charge in [-0.3, -0.25) is 24.1 Å². The molecule has 3 aromatic rings. The van der Waals surface area contributed by atoms with Gasteiger partial charge in [-0.15, -0.1) is 0 Å². The van der Waals surface area contributed by atoms with Gasteiger partial charge < -0.3 is 10.2 Å². The van der Waals surface area contributed by atoms with Crippen LogP contribution in [-0.2, 0) is 27.9 Å². The number of nitrogens with one attached hydrogen (secondary N) is 1. The third-order valence-electron chi connectivity index (χ3n) is 7.05. The van der Waals surface area contributed by atoms with Crippen molar-refractivity contribution in [3.63, 3.8) is 0 Å². The largest absolute Gasteiger partial charge is 0.452 e. The first-order chi connectivity index (χ1) is 20.4. The van der Waals surface area contributed by atoms with E-state index in [1.807, 2.05) is 0 Å². The Labute approximate surface area is 247 Å². The lowest BCUT2D eigenvalue weighted by Crippen LogP contribution is -2.57. The van der Waals surface area contributed by atoms with Crippen molar-refractivity contribution in [1.82, 2.24) is 15.1 Å². The smallest absolute Gasteiger partial charge is 0.344 e. The van der Waals surface area contributed by atoms with E-state index in [0.717, 1.165) is 4.90 Å². The molecule has 0 fully saturated rings. The minimum atomic E-state index is -5.18. The SMILES string of the molecule is CC(C)[C@H]1C(=O)N(CC(=O)N[C@H](Cc2ccccc2)C(=O)C(F)(F)F)C(c2ccccc2)=CN1C(=O)c1cc[n+](C)cc1. The maximum Gasteiger partial charge on any atom is 0.452 e. The predicted octanol–water partition coefficient (Wildman–Crippen LogP) is 3.68. The van der Waals surface area contributed by atoms with Crippen molar-refractivity contribution in [2.24, 2.45) is 13.0 Å². The van der Waals surface area contributed by atoms with Crippen LogP contribution in [0.2, 0.25) is 0 Å². The number of nitrogens with zero attached hydrogens (tertiary/aromatic N) is 3. The Morgan fingerprint density at radius 3 is 2.07 bits per heavy atom. The van der Waals surface area contributed by atoms with Crippen molar-refractivity contribution < 1.29 is 36.9 Å². The Balaban J connectivity index is 1.69. The molecule has 1 aliphatic heterocycles. The quantitative estimate of drug-likeness (QED) is 0.384. The number of aromatic nitrogens is 1. The second-order valence-corrected chi connectivity index (χ2v) is 10.6. The number of Topliss-reactive ketones (excluding diaryl/α,β-unsaturated/α-hetero) is 1. The Kier molecular flexibility index (Phi) is 9.43. The molecule has 3 amide bonds. The van der Waals surface area contributed by atoms with E-state index in [-0.39, 0.29) is 18.0 Å². The van der Waals surface area contributed by atoms with Crippen molar-refractivity contribution in [1.29, 1.82) is 0 Å². The number of benzene rings is 2. The van der Waals surface area contributed by atoms with Gasteiger partial charge in [0.25, 0.3) is 17.6 Å². The standard InChI is InChI=1S/C32H31F3N4O4/c1-21(2)28-31(43)38(20-27(40)36-25(29(41)32(33,34)35)18-22-10-6-4-7-11-22)26(23-12-8-5-9-13-23)19-39(28)30(42)24-14-16-37(3)17-15-24/h4-17,19,21,25,28H,18,20H2,1-3H3/p+1/t25-,28+/m1/s1. The van der Waals surface area contributed by atoms with Crippen LogP contribution in [0.1, 0.15) is 35.3 Å². The summed E-state index contributed by atoms with van der Waals surface area (Å²) in [4.78, 5) is 55.7. The Morgan fingerprint density at radius 1 is 0.930 bits per heavy atom. The lowest BCUT2D eigenvalue weighted by atomic mass is 9.96. The molecule has 224 valence electrons. The van der Waals surface area contributed by atoms with Crippen molar-refractivity contribution in [3.8, 4) is 0 Å². The minimum Gasteiger partial charge on any atom is -0.344 e. The summed E-state index contributed by atoms with van der Waals surface area (Å²) in [6, 6.07) is 17.0. The van der Waals surface area contributed by atoms with E-state index in [0.29, 0.717) is 16.7 Å². The molecule has 1 N–H and O–H groups in total. The predicted molar refractivity (Wildman–Crippen MR) is 152 cm³/mol. The second-order valence-electron chi connectivity index (χ2n) is 10.6. The minimum absolute atomic E-state index is 0.217. The molecule has 8 nitrogen and oxygen atoms in total. The molecular weight excluding hydrogens is 561 g/mol. The molecule has 11 heteroatoms. The zero-order valence-corrected chi connectivity index (χ0v) is 23.9. The van der Waals surface area contributed by atoms with Gasteiger partial charge in [0.05, 0.1) is 11.3 Å². The second kappa shape index (κ2) is 13.0. The van der Waals surface area contributed by atoms with E-state index >= 15 is 0 Å². The first-order valence-electron chi connectivity index (χ1n) is 13.7. The highest BCUT2D eigenvalue weighted by Crippen LogP contribution is 2.31. The molecule has 43 heavy (non-hydrogen) atoms. The number of rotatable bonds is 9. The average molecular weight is 594 g/mol. The number of carbonyl (C=O) groups is 4. The van der Waals surface area contributed by atoms with Crippen LogP contribution in [0.5, 0.6) is 0 Å². The molecule has 0 bridgehead atoms. The fourth-order valence-corrected chi connectivity index (χ4v) is 4.91. The molecule has 2 aromatic carbocycles. The fourth-order valence-electron chi connectivity index (χ4n) is 4.91. The highest BCUT2D eigenvalue weighted by molar-refractivity contribution is 6.04. The van der Waals surface area contributed by atoms with E-state index in [2.05, 4.69) is 5.32 Å². The van der Waals surface area contributed by atoms with Crippen molar-refractivity contribution in [2.75, 3.05) is 6.54 Å². The summed E-state index contributed by atoms with van der Waals surface area (Å²) in [6.45, 7) is 2.85. The Bertz CT molecular complexity index is 1510. The number of alkyl halides is 3. The van der Waals surface area contributed by atoms with Crippen LogP contribution in [0.3, 0.4) is 0 Å². The van der Waals surface area contributed by atoms with Crippen molar-refractivity contribution in [2.45, 2.75) is 38.5 Å².